The highest BCUT2D eigenvalue weighted by Gasteiger charge is 2.17. The number of carbonyl (C=O) groups is 1. The molecule has 1 unspecified atom stereocenters. The highest BCUT2D eigenvalue weighted by molar-refractivity contribution is 6.33. The summed E-state index contributed by atoms with van der Waals surface area (Å²) in [5.74, 6) is 0.157. The van der Waals surface area contributed by atoms with E-state index >= 15 is 0 Å². The highest BCUT2D eigenvalue weighted by Crippen LogP contribution is 2.29. The number of aromatic nitrogens is 1. The molecule has 2 rings (SSSR count). The van der Waals surface area contributed by atoms with Crippen LogP contribution in [-0.2, 0) is 0 Å². The average molecular weight is 323 g/mol. The molecule has 2 N–H and O–H groups in total. The number of aliphatic hydroxyl groups is 1. The second-order valence-electron chi connectivity index (χ2n) is 5.09. The molecule has 1 aromatic heterocycles. The van der Waals surface area contributed by atoms with Gasteiger partial charge in [-0.05, 0) is 24.1 Å². The summed E-state index contributed by atoms with van der Waals surface area (Å²) in [4.78, 5) is 12.3. The standard InChI is InChI=1S/C16H19ClN2O3/c1-11(10-20)9-18-16(21)12-7-13(17)14(8-15(12)22-2)19-5-3-4-6-19/h3-8,11,20H,9-10H2,1-2H3,(H,18,21). The Morgan fingerprint density at radius 1 is 1.41 bits per heavy atom. The second-order valence-corrected chi connectivity index (χ2v) is 5.50. The lowest BCUT2D eigenvalue weighted by molar-refractivity contribution is 0.0939. The predicted octanol–water partition coefficient (Wildman–Crippen LogP) is 2.50. The molecule has 5 nitrogen and oxygen atoms in total. The molecule has 118 valence electrons. The molecule has 0 fully saturated rings. The Hall–Kier alpha value is -1.98. The number of rotatable bonds is 6. The van der Waals surface area contributed by atoms with Crippen LogP contribution in [0.25, 0.3) is 5.69 Å². The Kier molecular flexibility index (Phi) is 5.46. The first-order chi connectivity index (χ1) is 10.6. The Bertz CT molecular complexity index is 641. The lowest BCUT2D eigenvalue weighted by Crippen LogP contribution is -2.29. The zero-order valence-electron chi connectivity index (χ0n) is 12.5. The molecule has 0 aliphatic heterocycles. The van der Waals surface area contributed by atoms with Crippen LogP contribution < -0.4 is 10.1 Å². The number of halogens is 1. The monoisotopic (exact) mass is 322 g/mol. The summed E-state index contributed by atoms with van der Waals surface area (Å²) in [5.41, 5.74) is 1.11. The summed E-state index contributed by atoms with van der Waals surface area (Å²) in [6.45, 7) is 2.25. The van der Waals surface area contributed by atoms with Crippen LogP contribution in [0.15, 0.2) is 36.7 Å². The van der Waals surface area contributed by atoms with Crippen LogP contribution in [0.3, 0.4) is 0 Å². The SMILES string of the molecule is COc1cc(-n2cccc2)c(Cl)cc1C(=O)NCC(C)CO. The fourth-order valence-electron chi connectivity index (χ4n) is 2.01. The maximum absolute atomic E-state index is 12.3. The van der Waals surface area contributed by atoms with Gasteiger partial charge in [0.15, 0.2) is 0 Å². The quantitative estimate of drug-likeness (QED) is 0.859. The first-order valence-electron chi connectivity index (χ1n) is 6.96. The van der Waals surface area contributed by atoms with E-state index in [1.165, 1.54) is 7.11 Å². The molecule has 1 aromatic carbocycles. The molecule has 0 spiro atoms. The van der Waals surface area contributed by atoms with E-state index in [9.17, 15) is 4.79 Å². The molecular formula is C16H19ClN2O3. The van der Waals surface area contributed by atoms with Gasteiger partial charge in [0.05, 0.1) is 23.4 Å². The third kappa shape index (κ3) is 3.61. The molecule has 1 atom stereocenters. The lowest BCUT2D eigenvalue weighted by Gasteiger charge is -2.14. The fourth-order valence-corrected chi connectivity index (χ4v) is 2.27. The maximum atomic E-state index is 12.3. The van der Waals surface area contributed by atoms with Crippen molar-refractivity contribution in [1.29, 1.82) is 0 Å². The van der Waals surface area contributed by atoms with E-state index in [-0.39, 0.29) is 18.4 Å². The van der Waals surface area contributed by atoms with Gasteiger partial charge in [0.1, 0.15) is 5.75 Å². The van der Waals surface area contributed by atoms with Crippen molar-refractivity contribution >= 4 is 17.5 Å². The van der Waals surface area contributed by atoms with E-state index in [1.807, 2.05) is 36.0 Å². The molecule has 1 heterocycles. The van der Waals surface area contributed by atoms with E-state index in [2.05, 4.69) is 5.32 Å². The normalized spacial score (nSPS) is 12.0. The number of nitrogens with one attached hydrogen (secondary N) is 1. The van der Waals surface area contributed by atoms with Gasteiger partial charge < -0.3 is 19.7 Å². The molecule has 22 heavy (non-hydrogen) atoms. The zero-order valence-corrected chi connectivity index (χ0v) is 13.3. The number of amides is 1. The van der Waals surface area contributed by atoms with Crippen molar-refractivity contribution in [2.75, 3.05) is 20.3 Å². The van der Waals surface area contributed by atoms with Crippen molar-refractivity contribution in [2.24, 2.45) is 5.92 Å². The molecule has 2 aromatic rings. The minimum absolute atomic E-state index is 0.00966. The summed E-state index contributed by atoms with van der Waals surface area (Å²) in [5, 5.41) is 12.2. The van der Waals surface area contributed by atoms with Crippen LogP contribution in [0.5, 0.6) is 5.75 Å². The molecule has 0 aliphatic carbocycles. The van der Waals surface area contributed by atoms with Gasteiger partial charge in [-0.3, -0.25) is 4.79 Å². The van der Waals surface area contributed by atoms with Gasteiger partial charge in [0.25, 0.3) is 5.91 Å². The molecule has 0 saturated heterocycles. The highest BCUT2D eigenvalue weighted by atomic mass is 35.5. The molecule has 0 bridgehead atoms. The van der Waals surface area contributed by atoms with Crippen molar-refractivity contribution in [3.63, 3.8) is 0 Å². The molecular weight excluding hydrogens is 304 g/mol. The van der Waals surface area contributed by atoms with Gasteiger partial charge in [0, 0.05) is 31.6 Å². The fraction of sp³-hybridized carbons (Fsp3) is 0.312. The van der Waals surface area contributed by atoms with E-state index in [4.69, 9.17) is 21.4 Å². The summed E-state index contributed by atoms with van der Waals surface area (Å²) < 4.78 is 7.16. The first kappa shape index (κ1) is 16.4. The molecule has 6 heteroatoms. The first-order valence-corrected chi connectivity index (χ1v) is 7.34. The van der Waals surface area contributed by atoms with Crippen molar-refractivity contribution in [1.82, 2.24) is 9.88 Å². The Labute approximate surface area is 134 Å². The van der Waals surface area contributed by atoms with Gasteiger partial charge >= 0.3 is 0 Å². The van der Waals surface area contributed by atoms with Crippen LogP contribution in [0.4, 0.5) is 0 Å². The lowest BCUT2D eigenvalue weighted by atomic mass is 10.1. The largest absolute Gasteiger partial charge is 0.496 e. The van der Waals surface area contributed by atoms with Crippen LogP contribution in [-0.4, -0.2) is 35.8 Å². The van der Waals surface area contributed by atoms with Crippen molar-refractivity contribution in [2.45, 2.75) is 6.92 Å². The van der Waals surface area contributed by atoms with Crippen LogP contribution in [0.2, 0.25) is 5.02 Å². The number of carbonyl (C=O) groups excluding carboxylic acids is 1. The average Bonchev–Trinajstić information content (AvgIpc) is 3.06. The van der Waals surface area contributed by atoms with E-state index in [0.29, 0.717) is 22.9 Å². The van der Waals surface area contributed by atoms with Gasteiger partial charge in [-0.2, -0.15) is 0 Å². The Balaban J connectivity index is 2.29. The number of hydrogen-bond acceptors (Lipinski definition) is 3. The third-order valence-corrected chi connectivity index (χ3v) is 3.62. The molecule has 0 aliphatic rings. The van der Waals surface area contributed by atoms with Gasteiger partial charge in [0.2, 0.25) is 0 Å². The summed E-state index contributed by atoms with van der Waals surface area (Å²) in [6.07, 6.45) is 3.73. The predicted molar refractivity (Wildman–Crippen MR) is 85.9 cm³/mol. The summed E-state index contributed by atoms with van der Waals surface area (Å²) in [6, 6.07) is 7.10. The molecule has 0 radical (unpaired) electrons. The van der Waals surface area contributed by atoms with E-state index in [1.54, 1.807) is 12.1 Å². The van der Waals surface area contributed by atoms with Gasteiger partial charge in [-0.15, -0.1) is 0 Å². The number of nitrogens with zero attached hydrogens (tertiary/aromatic N) is 1. The zero-order chi connectivity index (χ0) is 16.1. The maximum Gasteiger partial charge on any atom is 0.255 e. The number of aliphatic hydroxyl groups excluding tert-OH is 1. The van der Waals surface area contributed by atoms with Crippen molar-refractivity contribution in [3.05, 3.63) is 47.2 Å². The Morgan fingerprint density at radius 3 is 2.68 bits per heavy atom. The minimum Gasteiger partial charge on any atom is -0.496 e. The number of methoxy groups -OCH3 is 1. The summed E-state index contributed by atoms with van der Waals surface area (Å²) in [7, 11) is 1.51. The second kappa shape index (κ2) is 7.33. The smallest absolute Gasteiger partial charge is 0.255 e. The van der Waals surface area contributed by atoms with E-state index < -0.39 is 0 Å². The van der Waals surface area contributed by atoms with Crippen molar-refractivity contribution < 1.29 is 14.6 Å². The number of ether oxygens (including phenoxy) is 1. The van der Waals surface area contributed by atoms with Gasteiger partial charge in [-0.25, -0.2) is 0 Å². The van der Waals surface area contributed by atoms with Crippen LogP contribution >= 0.6 is 11.6 Å². The Morgan fingerprint density at radius 2 is 2.09 bits per heavy atom. The number of benzene rings is 1. The van der Waals surface area contributed by atoms with Crippen LogP contribution in [0.1, 0.15) is 17.3 Å². The van der Waals surface area contributed by atoms with Gasteiger partial charge in [-0.1, -0.05) is 18.5 Å². The minimum atomic E-state index is -0.280. The topological polar surface area (TPSA) is 63.5 Å². The number of hydrogen-bond donors (Lipinski definition) is 2. The molecule has 1 amide bonds. The molecule has 0 saturated carbocycles. The van der Waals surface area contributed by atoms with E-state index in [0.717, 1.165) is 5.69 Å². The van der Waals surface area contributed by atoms with Crippen LogP contribution in [0, 0.1) is 5.92 Å². The third-order valence-electron chi connectivity index (χ3n) is 3.32. The summed E-state index contributed by atoms with van der Waals surface area (Å²) >= 11 is 6.29. The van der Waals surface area contributed by atoms with Crippen molar-refractivity contribution in [3.8, 4) is 11.4 Å².